The maximum atomic E-state index is 12.9. The van der Waals surface area contributed by atoms with Gasteiger partial charge in [-0.15, -0.1) is 10.2 Å². The van der Waals surface area contributed by atoms with Gasteiger partial charge in [-0.3, -0.25) is 14.6 Å². The fraction of sp³-hybridized carbons (Fsp3) is 0.175. The molecule has 0 fully saturated rings. The van der Waals surface area contributed by atoms with Crippen LogP contribution >= 0.6 is 0 Å². The van der Waals surface area contributed by atoms with E-state index in [1.807, 2.05) is 109 Å². The molecule has 0 bridgehead atoms. The van der Waals surface area contributed by atoms with E-state index in [4.69, 9.17) is 18.5 Å². The first-order valence-corrected chi connectivity index (χ1v) is 16.7. The number of para-hydroxylation sites is 2. The number of aliphatic imine (C=N–C) groups is 1. The molecule has 0 saturated carbocycles. The Morgan fingerprint density at radius 2 is 1.19 bits per heavy atom. The van der Waals surface area contributed by atoms with Crippen molar-refractivity contribution in [2.24, 2.45) is 29.3 Å². The first-order valence-electron chi connectivity index (χ1n) is 16.7. The van der Waals surface area contributed by atoms with Gasteiger partial charge in [-0.25, -0.2) is 5.01 Å². The Morgan fingerprint density at radius 1 is 0.698 bits per heavy atom. The summed E-state index contributed by atoms with van der Waals surface area (Å²) in [6.07, 6.45) is 2.79. The van der Waals surface area contributed by atoms with E-state index < -0.39 is 0 Å². The van der Waals surface area contributed by atoms with Crippen molar-refractivity contribution in [1.82, 2.24) is 9.48 Å². The second-order valence-electron chi connectivity index (χ2n) is 12.0. The third-order valence-corrected chi connectivity index (χ3v) is 8.33. The number of ether oxygens (including phenoxy) is 2. The largest absolute Gasteiger partial charge is 0.477 e. The molecule has 4 aromatic carbocycles. The van der Waals surface area contributed by atoms with E-state index in [2.05, 4.69) is 15.2 Å². The van der Waals surface area contributed by atoms with Gasteiger partial charge in [-0.05, 0) is 60.4 Å². The van der Waals surface area contributed by atoms with Crippen LogP contribution in [0, 0.1) is 13.8 Å². The van der Waals surface area contributed by atoms with Gasteiger partial charge in [0.25, 0.3) is 11.1 Å². The van der Waals surface area contributed by atoms with Crippen LogP contribution in [0.5, 0.6) is 0 Å². The van der Waals surface area contributed by atoms with Gasteiger partial charge >= 0.3 is 6.02 Å². The molecule has 6 rings (SSSR count). The fourth-order valence-electron chi connectivity index (χ4n) is 5.71. The number of aryl methyl sites for hydroxylation is 4. The van der Waals surface area contributed by atoms with Gasteiger partial charge in [0.2, 0.25) is 0 Å². The van der Waals surface area contributed by atoms with Crippen molar-refractivity contribution in [2.45, 2.75) is 27.1 Å². The molecular formula is C40H39N7O6. The lowest BCUT2D eigenvalue weighted by Gasteiger charge is -2.16. The first-order chi connectivity index (χ1) is 25.7. The van der Waals surface area contributed by atoms with E-state index >= 15 is 0 Å². The fourth-order valence-corrected chi connectivity index (χ4v) is 5.71. The summed E-state index contributed by atoms with van der Waals surface area (Å²) in [6, 6.07) is 34.0. The molecule has 0 N–H and O–H groups in total. The Balaban J connectivity index is 1.27. The quantitative estimate of drug-likeness (QED) is 0.0765. The standard InChI is InChI=1S/C40H39N7O6/c1-28-36(38(48)45(4)52-28)34-22-14-12-16-30(34)24-50-27-42-47(33-20-10-7-11-21-33)26-41-40(43-44(3)32-18-8-6-9-19-32)51-25-31-17-13-15-23-35(31)37-29(2)53-46(5)39(37)49/h6-23,26-27H,24-25H2,1-5H3/b41-26?,42-27+,43-40+. The predicted octanol–water partition coefficient (Wildman–Crippen LogP) is 6.84. The number of amidine groups is 1. The normalized spacial score (nSPS) is 11.8. The molecular weight excluding hydrogens is 674 g/mol. The van der Waals surface area contributed by atoms with Crippen LogP contribution in [-0.2, 0) is 36.8 Å². The lowest BCUT2D eigenvalue weighted by Crippen LogP contribution is -2.19. The Morgan fingerprint density at radius 3 is 1.72 bits per heavy atom. The van der Waals surface area contributed by atoms with Crippen LogP contribution in [0.3, 0.4) is 0 Å². The van der Waals surface area contributed by atoms with Gasteiger partial charge in [0, 0.05) is 21.1 Å². The predicted molar refractivity (Wildman–Crippen MR) is 206 cm³/mol. The number of anilines is 2. The molecule has 0 amide bonds. The second-order valence-corrected chi connectivity index (χ2v) is 12.0. The minimum Gasteiger partial charge on any atom is -0.477 e. The smallest absolute Gasteiger partial charge is 0.335 e. The highest BCUT2D eigenvalue weighted by Crippen LogP contribution is 2.26. The Labute approximate surface area is 305 Å². The van der Waals surface area contributed by atoms with E-state index in [0.717, 1.165) is 22.4 Å². The molecule has 0 spiro atoms. The summed E-state index contributed by atoms with van der Waals surface area (Å²) in [6.45, 7) is 3.71. The van der Waals surface area contributed by atoms with Crippen molar-refractivity contribution in [1.29, 1.82) is 0 Å². The average molecular weight is 714 g/mol. The number of nitrogens with zero attached hydrogens (tertiary/aromatic N) is 7. The SMILES string of the molecule is Cc1on(C)c(=O)c1-c1ccccc1CO/C=N/N(C=N/C(=N\N(C)c1ccccc1)OCc1ccccc1-c1c(C)on(C)c1=O)c1ccccc1. The van der Waals surface area contributed by atoms with Crippen molar-refractivity contribution >= 4 is 30.1 Å². The van der Waals surface area contributed by atoms with Crippen LogP contribution in [0.2, 0.25) is 0 Å². The van der Waals surface area contributed by atoms with Crippen LogP contribution in [0.1, 0.15) is 22.6 Å². The van der Waals surface area contributed by atoms with E-state index in [1.54, 1.807) is 40.0 Å². The van der Waals surface area contributed by atoms with Gasteiger partial charge in [0.05, 0.1) is 22.5 Å². The summed E-state index contributed by atoms with van der Waals surface area (Å²) in [5, 5.41) is 12.4. The zero-order valence-corrected chi connectivity index (χ0v) is 30.0. The third kappa shape index (κ3) is 8.37. The number of aromatic nitrogens is 2. The van der Waals surface area contributed by atoms with E-state index in [-0.39, 0.29) is 30.4 Å². The minimum atomic E-state index is -0.242. The Kier molecular flexibility index (Phi) is 11.1. The average Bonchev–Trinajstić information content (AvgIpc) is 3.59. The number of benzene rings is 4. The van der Waals surface area contributed by atoms with Crippen LogP contribution in [0.4, 0.5) is 11.4 Å². The van der Waals surface area contributed by atoms with Crippen LogP contribution in [0.15, 0.2) is 143 Å². The second kappa shape index (κ2) is 16.4. The molecule has 0 aliphatic heterocycles. The van der Waals surface area contributed by atoms with Crippen LogP contribution < -0.4 is 21.1 Å². The first kappa shape index (κ1) is 35.9. The number of rotatable bonds is 12. The maximum absolute atomic E-state index is 12.9. The summed E-state index contributed by atoms with van der Waals surface area (Å²) >= 11 is 0. The van der Waals surface area contributed by atoms with Gasteiger partial charge in [0.1, 0.15) is 31.1 Å². The lowest BCUT2D eigenvalue weighted by molar-refractivity contribution is 0.283. The van der Waals surface area contributed by atoms with Gasteiger partial charge < -0.3 is 18.5 Å². The molecule has 13 heteroatoms. The van der Waals surface area contributed by atoms with Crippen LogP contribution in [0.25, 0.3) is 22.3 Å². The van der Waals surface area contributed by atoms with Crippen molar-refractivity contribution < 1.29 is 18.5 Å². The van der Waals surface area contributed by atoms with Crippen LogP contribution in [-0.4, -0.2) is 35.3 Å². The van der Waals surface area contributed by atoms with Gasteiger partial charge in [-0.2, -0.15) is 14.5 Å². The molecule has 13 nitrogen and oxygen atoms in total. The maximum Gasteiger partial charge on any atom is 0.335 e. The molecule has 2 aromatic heterocycles. The van der Waals surface area contributed by atoms with Gasteiger partial charge in [-0.1, -0.05) is 84.9 Å². The zero-order valence-electron chi connectivity index (χ0n) is 30.0. The molecule has 2 heterocycles. The van der Waals surface area contributed by atoms with Crippen molar-refractivity contribution in [3.05, 3.63) is 153 Å². The summed E-state index contributed by atoms with van der Waals surface area (Å²) < 4.78 is 25.6. The summed E-state index contributed by atoms with van der Waals surface area (Å²) in [4.78, 5) is 30.3. The molecule has 0 atom stereocenters. The summed E-state index contributed by atoms with van der Waals surface area (Å²) in [5.41, 5.74) is 4.94. The zero-order chi connectivity index (χ0) is 37.3. The molecule has 0 aliphatic rings. The topological polar surface area (TPSA) is 132 Å². The molecule has 0 aliphatic carbocycles. The molecule has 53 heavy (non-hydrogen) atoms. The lowest BCUT2D eigenvalue weighted by atomic mass is 10.0. The summed E-state index contributed by atoms with van der Waals surface area (Å²) in [5.74, 6) is 1.02. The molecule has 0 unspecified atom stereocenters. The van der Waals surface area contributed by atoms with E-state index in [1.165, 1.54) is 27.2 Å². The minimum absolute atomic E-state index is 0.0333. The van der Waals surface area contributed by atoms with Gasteiger partial charge in [0.15, 0.2) is 6.40 Å². The highest BCUT2D eigenvalue weighted by Gasteiger charge is 2.19. The molecule has 0 saturated heterocycles. The molecule has 270 valence electrons. The van der Waals surface area contributed by atoms with E-state index in [0.29, 0.717) is 33.9 Å². The third-order valence-electron chi connectivity index (χ3n) is 8.33. The number of hydrogen-bond donors (Lipinski definition) is 0. The molecule has 6 aromatic rings. The highest BCUT2D eigenvalue weighted by molar-refractivity contribution is 5.90. The summed E-state index contributed by atoms with van der Waals surface area (Å²) in [7, 11) is 4.95. The monoisotopic (exact) mass is 713 g/mol. The van der Waals surface area contributed by atoms with Crippen molar-refractivity contribution in [3.63, 3.8) is 0 Å². The number of hydrazone groups is 2. The van der Waals surface area contributed by atoms with Crippen molar-refractivity contribution in [3.8, 4) is 22.3 Å². The van der Waals surface area contributed by atoms with E-state index in [9.17, 15) is 9.59 Å². The molecule has 0 radical (unpaired) electrons. The highest BCUT2D eigenvalue weighted by atomic mass is 16.5. The Hall–Kier alpha value is -6.89. The number of hydrogen-bond acceptors (Lipinski definition) is 9. The Bertz CT molecular complexity index is 2370. The van der Waals surface area contributed by atoms with Crippen molar-refractivity contribution in [2.75, 3.05) is 17.1 Å².